The minimum absolute atomic E-state index is 0.198. The van der Waals surface area contributed by atoms with Crippen LogP contribution < -0.4 is 10.5 Å². The molecule has 0 radical (unpaired) electrons. The summed E-state index contributed by atoms with van der Waals surface area (Å²) in [5.74, 6) is 0.320. The predicted octanol–water partition coefficient (Wildman–Crippen LogP) is -0.977. The smallest absolute Gasteiger partial charge is 0.325 e. The molecular formula is C13H20NO8P. The van der Waals surface area contributed by atoms with Gasteiger partial charge in [0.1, 0.15) is 24.1 Å². The molecule has 10 heteroatoms. The second-order valence-electron chi connectivity index (χ2n) is 5.38. The lowest BCUT2D eigenvalue weighted by atomic mass is 9.97. The predicted molar refractivity (Wildman–Crippen MR) is 79.7 cm³/mol. The molecule has 0 bridgehead atoms. The zero-order valence-electron chi connectivity index (χ0n) is 12.1. The van der Waals surface area contributed by atoms with Gasteiger partial charge in [0.05, 0.1) is 12.3 Å². The monoisotopic (exact) mass is 349 g/mol. The second kappa shape index (κ2) is 7.14. The fourth-order valence-electron chi connectivity index (χ4n) is 2.23. The maximum absolute atomic E-state index is 10.9. The second-order valence-corrected chi connectivity index (χ2v) is 7.16. The van der Waals surface area contributed by atoms with E-state index in [1.165, 1.54) is 12.1 Å². The molecule has 1 heterocycles. The fourth-order valence-corrected chi connectivity index (χ4v) is 2.82. The molecule has 0 amide bonds. The highest BCUT2D eigenvalue weighted by Crippen LogP contribution is 2.37. The standard InChI is InChI=1S/C13H20NO8P/c14-7-1-3-8(4-2-7)21-13-12(17)11(16)10(15)9(22-13)5-6-23(18,19)20/h1-4,9-13,15-17H,5-6,14H2,(H2,18,19,20)/t9?,10-,11?,12?,13+/m1/s1. The highest BCUT2D eigenvalue weighted by molar-refractivity contribution is 7.51. The van der Waals surface area contributed by atoms with Crippen molar-refractivity contribution in [2.75, 3.05) is 11.9 Å². The van der Waals surface area contributed by atoms with Crippen LogP contribution in [0.4, 0.5) is 5.69 Å². The van der Waals surface area contributed by atoms with E-state index in [9.17, 15) is 19.9 Å². The Morgan fingerprint density at radius 2 is 1.70 bits per heavy atom. The maximum Gasteiger partial charge on any atom is 0.325 e. The van der Waals surface area contributed by atoms with Crippen LogP contribution in [0.25, 0.3) is 0 Å². The van der Waals surface area contributed by atoms with E-state index in [-0.39, 0.29) is 6.42 Å². The van der Waals surface area contributed by atoms with Crippen LogP contribution in [-0.4, -0.2) is 62.0 Å². The quantitative estimate of drug-likeness (QED) is 0.290. The van der Waals surface area contributed by atoms with Crippen molar-refractivity contribution in [1.29, 1.82) is 0 Å². The summed E-state index contributed by atoms with van der Waals surface area (Å²) in [6.07, 6.45) is -7.66. The lowest BCUT2D eigenvalue weighted by Gasteiger charge is -2.40. The summed E-state index contributed by atoms with van der Waals surface area (Å²) >= 11 is 0. The molecule has 1 aromatic rings. The van der Waals surface area contributed by atoms with E-state index in [2.05, 4.69) is 0 Å². The Labute approximate surface area is 132 Å². The van der Waals surface area contributed by atoms with Crippen LogP contribution in [0.1, 0.15) is 6.42 Å². The van der Waals surface area contributed by atoms with Gasteiger partial charge in [-0.2, -0.15) is 0 Å². The number of aliphatic hydroxyl groups excluding tert-OH is 3. The van der Waals surface area contributed by atoms with Crippen LogP contribution >= 0.6 is 7.60 Å². The third-order valence-electron chi connectivity index (χ3n) is 3.51. The first-order valence-electron chi connectivity index (χ1n) is 6.94. The molecule has 130 valence electrons. The molecule has 0 spiro atoms. The van der Waals surface area contributed by atoms with Gasteiger partial charge in [-0.15, -0.1) is 0 Å². The van der Waals surface area contributed by atoms with Crippen LogP contribution in [0.2, 0.25) is 0 Å². The summed E-state index contributed by atoms with van der Waals surface area (Å²) in [7, 11) is -4.28. The van der Waals surface area contributed by atoms with Gasteiger partial charge in [-0.1, -0.05) is 0 Å². The lowest BCUT2D eigenvalue weighted by molar-refractivity contribution is -0.272. The van der Waals surface area contributed by atoms with E-state index < -0.39 is 44.5 Å². The Bertz CT molecular complexity index is 562. The zero-order chi connectivity index (χ0) is 17.2. The number of hydrogen-bond donors (Lipinski definition) is 6. The molecule has 2 rings (SSSR count). The Morgan fingerprint density at radius 3 is 2.26 bits per heavy atom. The van der Waals surface area contributed by atoms with Gasteiger partial charge in [0.15, 0.2) is 0 Å². The lowest BCUT2D eigenvalue weighted by Crippen LogP contribution is -2.59. The third kappa shape index (κ3) is 4.89. The Hall–Kier alpha value is -1.19. The molecule has 1 fully saturated rings. The van der Waals surface area contributed by atoms with E-state index in [4.69, 9.17) is 25.0 Å². The number of anilines is 1. The average Bonchev–Trinajstić information content (AvgIpc) is 2.48. The molecular weight excluding hydrogens is 329 g/mol. The van der Waals surface area contributed by atoms with E-state index in [1.807, 2.05) is 0 Å². The van der Waals surface area contributed by atoms with Crippen molar-refractivity contribution in [3.8, 4) is 5.75 Å². The summed E-state index contributed by atoms with van der Waals surface area (Å²) in [4.78, 5) is 17.8. The molecule has 1 aromatic carbocycles. The fraction of sp³-hybridized carbons (Fsp3) is 0.538. The van der Waals surface area contributed by atoms with E-state index in [1.54, 1.807) is 12.1 Å². The molecule has 0 aromatic heterocycles. The van der Waals surface area contributed by atoms with Gasteiger partial charge >= 0.3 is 7.60 Å². The van der Waals surface area contributed by atoms with Crippen molar-refractivity contribution in [2.45, 2.75) is 37.1 Å². The molecule has 1 aliphatic rings. The summed E-state index contributed by atoms with van der Waals surface area (Å²) in [6, 6.07) is 6.21. The van der Waals surface area contributed by atoms with Gasteiger partial charge in [-0.3, -0.25) is 4.57 Å². The topological polar surface area (TPSA) is 163 Å². The number of nitrogen functional groups attached to an aromatic ring is 1. The van der Waals surface area contributed by atoms with E-state index >= 15 is 0 Å². The van der Waals surface area contributed by atoms with Crippen LogP contribution in [0.5, 0.6) is 5.75 Å². The molecule has 5 atom stereocenters. The summed E-state index contributed by atoms with van der Waals surface area (Å²) < 4.78 is 21.7. The minimum atomic E-state index is -4.28. The molecule has 0 saturated carbocycles. The van der Waals surface area contributed by atoms with Gasteiger partial charge in [-0.05, 0) is 30.7 Å². The van der Waals surface area contributed by atoms with Crippen molar-refractivity contribution in [3.63, 3.8) is 0 Å². The molecule has 9 nitrogen and oxygen atoms in total. The van der Waals surface area contributed by atoms with Crippen molar-refractivity contribution in [1.82, 2.24) is 0 Å². The van der Waals surface area contributed by atoms with Gasteiger partial charge in [0, 0.05) is 5.69 Å². The first-order valence-corrected chi connectivity index (χ1v) is 8.73. The number of rotatable bonds is 5. The SMILES string of the molecule is Nc1ccc(O[C@H]2OC(CCP(=O)(O)O)[C@@H](O)C(O)C2O)cc1. The normalized spacial score (nSPS) is 31.8. The molecule has 23 heavy (non-hydrogen) atoms. The number of aliphatic hydroxyl groups is 3. The van der Waals surface area contributed by atoms with Crippen molar-refractivity contribution in [2.24, 2.45) is 0 Å². The number of hydrogen-bond acceptors (Lipinski definition) is 7. The van der Waals surface area contributed by atoms with Crippen LogP contribution in [-0.2, 0) is 9.30 Å². The highest BCUT2D eigenvalue weighted by Gasteiger charge is 2.45. The van der Waals surface area contributed by atoms with Gasteiger partial charge < -0.3 is 40.3 Å². The summed E-state index contributed by atoms with van der Waals surface area (Å²) in [5.41, 5.74) is 6.06. The number of benzene rings is 1. The molecule has 1 aliphatic heterocycles. The first-order chi connectivity index (χ1) is 10.7. The highest BCUT2D eigenvalue weighted by atomic mass is 31.2. The molecule has 1 saturated heterocycles. The maximum atomic E-state index is 10.9. The summed E-state index contributed by atoms with van der Waals surface area (Å²) in [6.45, 7) is 0. The Kier molecular flexibility index (Phi) is 5.64. The average molecular weight is 349 g/mol. The number of ether oxygens (including phenoxy) is 2. The van der Waals surface area contributed by atoms with Crippen molar-refractivity contribution in [3.05, 3.63) is 24.3 Å². The molecule has 7 N–H and O–H groups in total. The minimum Gasteiger partial charge on any atom is -0.462 e. The first kappa shape index (κ1) is 18.2. The van der Waals surface area contributed by atoms with Crippen LogP contribution in [0.3, 0.4) is 0 Å². The van der Waals surface area contributed by atoms with Crippen molar-refractivity contribution >= 4 is 13.3 Å². The molecule has 3 unspecified atom stereocenters. The largest absolute Gasteiger partial charge is 0.462 e. The summed E-state index contributed by atoms with van der Waals surface area (Å²) in [5, 5.41) is 29.7. The van der Waals surface area contributed by atoms with Gasteiger partial charge in [0.25, 0.3) is 0 Å². The van der Waals surface area contributed by atoms with Crippen molar-refractivity contribution < 1.29 is 39.1 Å². The van der Waals surface area contributed by atoms with Crippen LogP contribution in [0, 0.1) is 0 Å². The van der Waals surface area contributed by atoms with E-state index in [0.717, 1.165) is 0 Å². The van der Waals surface area contributed by atoms with Crippen LogP contribution in [0.15, 0.2) is 24.3 Å². The molecule has 0 aliphatic carbocycles. The Balaban J connectivity index is 2.06. The van der Waals surface area contributed by atoms with E-state index in [0.29, 0.717) is 11.4 Å². The third-order valence-corrected chi connectivity index (χ3v) is 4.35. The Morgan fingerprint density at radius 1 is 1.09 bits per heavy atom. The number of nitrogens with two attached hydrogens (primary N) is 1. The van der Waals surface area contributed by atoms with Gasteiger partial charge in [0.2, 0.25) is 6.29 Å². The van der Waals surface area contributed by atoms with Gasteiger partial charge in [-0.25, -0.2) is 0 Å². The zero-order valence-corrected chi connectivity index (χ0v) is 13.0.